The van der Waals surface area contributed by atoms with Gasteiger partial charge in [-0.1, -0.05) is 41.5 Å². The van der Waals surface area contributed by atoms with Crippen LogP contribution >= 0.6 is 0 Å². The van der Waals surface area contributed by atoms with Crippen molar-refractivity contribution in [1.29, 1.82) is 0 Å². The lowest BCUT2D eigenvalue weighted by Gasteiger charge is -2.43. The van der Waals surface area contributed by atoms with Crippen LogP contribution in [0.1, 0.15) is 141 Å². The first-order valence-electron chi connectivity index (χ1n) is 18.3. The van der Waals surface area contributed by atoms with E-state index < -0.39 is 35.1 Å². The molecule has 0 bridgehead atoms. The molecule has 0 amide bonds. The zero-order valence-corrected chi connectivity index (χ0v) is 31.9. The zero-order chi connectivity index (χ0) is 35.4. The van der Waals surface area contributed by atoms with Crippen LogP contribution in [0.15, 0.2) is 0 Å². The zero-order valence-electron chi connectivity index (χ0n) is 31.9. The molecule has 0 radical (unpaired) electrons. The minimum Gasteiger partial charge on any atom is -0.394 e. The van der Waals surface area contributed by atoms with Gasteiger partial charge in [0.1, 0.15) is 0 Å². The van der Waals surface area contributed by atoms with Gasteiger partial charge in [-0.15, -0.1) is 0 Å². The molecule has 0 rings (SSSR count). The summed E-state index contributed by atoms with van der Waals surface area (Å²) in [5, 5.41) is 31.9. The van der Waals surface area contributed by atoms with Crippen LogP contribution in [0.2, 0.25) is 0 Å². The molecule has 278 valence electrons. The Morgan fingerprint density at radius 2 is 1.22 bits per heavy atom. The summed E-state index contributed by atoms with van der Waals surface area (Å²) in [7, 11) is 0. The fourth-order valence-corrected chi connectivity index (χ4v) is 5.31. The van der Waals surface area contributed by atoms with E-state index in [4.69, 9.17) is 28.4 Å². The maximum atomic E-state index is 10.8. The summed E-state index contributed by atoms with van der Waals surface area (Å²) >= 11 is 0. The van der Waals surface area contributed by atoms with Gasteiger partial charge in [-0.25, -0.2) is 0 Å². The lowest BCUT2D eigenvalue weighted by molar-refractivity contribution is -0.191. The maximum absolute atomic E-state index is 10.8. The average molecular weight is 665 g/mol. The Morgan fingerprint density at radius 1 is 0.630 bits per heavy atom. The van der Waals surface area contributed by atoms with Gasteiger partial charge >= 0.3 is 0 Å². The number of hydrogen-bond acceptors (Lipinski definition) is 9. The van der Waals surface area contributed by atoms with Crippen LogP contribution in [0.3, 0.4) is 0 Å². The number of rotatable bonds is 30. The number of aliphatic hydroxyl groups is 3. The van der Waals surface area contributed by atoms with Crippen LogP contribution in [0.25, 0.3) is 0 Å². The average Bonchev–Trinajstić information content (AvgIpc) is 3.03. The van der Waals surface area contributed by atoms with Crippen molar-refractivity contribution in [3.05, 3.63) is 0 Å². The van der Waals surface area contributed by atoms with Crippen LogP contribution in [0.4, 0.5) is 0 Å². The lowest BCUT2D eigenvalue weighted by atomic mass is 9.86. The van der Waals surface area contributed by atoms with Crippen LogP contribution in [-0.4, -0.2) is 108 Å². The Hall–Kier alpha value is -0.360. The van der Waals surface area contributed by atoms with E-state index in [1.807, 2.05) is 34.6 Å². The number of hydrogen-bond donors (Lipinski definition) is 3. The van der Waals surface area contributed by atoms with Crippen molar-refractivity contribution in [2.45, 2.75) is 194 Å². The topological polar surface area (TPSA) is 116 Å². The van der Waals surface area contributed by atoms with Gasteiger partial charge in [-0.05, 0) is 80.1 Å². The molecule has 0 aromatic rings. The van der Waals surface area contributed by atoms with E-state index in [1.54, 1.807) is 0 Å². The number of ether oxygens (including phenoxy) is 6. The molecule has 0 aliphatic rings. The molecule has 0 saturated heterocycles. The molecule has 0 aromatic heterocycles. The summed E-state index contributed by atoms with van der Waals surface area (Å²) in [5.41, 5.74) is -1.71. The fraction of sp³-hybridized carbons (Fsp3) is 1.00. The molecule has 0 spiro atoms. The summed E-state index contributed by atoms with van der Waals surface area (Å²) in [6.45, 7) is 26.4. The van der Waals surface area contributed by atoms with Crippen molar-refractivity contribution < 1.29 is 43.7 Å². The molecular weight excluding hydrogens is 588 g/mol. The highest BCUT2D eigenvalue weighted by Gasteiger charge is 2.40. The summed E-state index contributed by atoms with van der Waals surface area (Å²) in [5.74, 6) is -0.187. The van der Waals surface area contributed by atoms with Gasteiger partial charge in [-0.3, -0.25) is 0 Å². The first kappa shape index (κ1) is 45.6. The first-order valence-corrected chi connectivity index (χ1v) is 18.3. The van der Waals surface area contributed by atoms with Gasteiger partial charge in [0.25, 0.3) is 0 Å². The third kappa shape index (κ3) is 19.0. The van der Waals surface area contributed by atoms with Crippen molar-refractivity contribution in [3.63, 3.8) is 0 Å². The highest BCUT2D eigenvalue weighted by Crippen LogP contribution is 2.34. The van der Waals surface area contributed by atoms with Gasteiger partial charge in [-0.2, -0.15) is 0 Å². The van der Waals surface area contributed by atoms with Crippen molar-refractivity contribution in [2.75, 3.05) is 39.6 Å². The second-order valence-electron chi connectivity index (χ2n) is 14.4. The Bertz CT molecular complexity index is 738. The second-order valence-corrected chi connectivity index (χ2v) is 14.4. The highest BCUT2D eigenvalue weighted by molar-refractivity contribution is 4.88. The minimum absolute atomic E-state index is 0.0934. The van der Waals surface area contributed by atoms with E-state index in [-0.39, 0.29) is 44.1 Å². The Morgan fingerprint density at radius 3 is 1.70 bits per heavy atom. The Balaban J connectivity index is 5.95. The van der Waals surface area contributed by atoms with Crippen LogP contribution in [0.5, 0.6) is 0 Å². The van der Waals surface area contributed by atoms with Gasteiger partial charge in [0, 0.05) is 31.8 Å². The summed E-state index contributed by atoms with van der Waals surface area (Å²) in [4.78, 5) is 0. The SMILES string of the molecule is CCCOC(C)(C)CC(CO)OC(C)(CC)C(COC(CC)CC(O)COC(C)CC)COC(C)(CC)CC(O)COC(C)CC. The Labute approximate surface area is 283 Å². The number of aliphatic hydroxyl groups excluding tert-OH is 3. The highest BCUT2D eigenvalue weighted by atomic mass is 16.5. The monoisotopic (exact) mass is 665 g/mol. The smallest absolute Gasteiger partial charge is 0.0840 e. The molecular formula is C37H76O9. The van der Waals surface area contributed by atoms with E-state index >= 15 is 0 Å². The lowest BCUT2D eigenvalue weighted by Crippen LogP contribution is -2.49. The minimum atomic E-state index is -0.683. The van der Waals surface area contributed by atoms with Crippen molar-refractivity contribution in [1.82, 2.24) is 0 Å². The van der Waals surface area contributed by atoms with Gasteiger partial charge in [0.15, 0.2) is 0 Å². The summed E-state index contributed by atoms with van der Waals surface area (Å²) in [6.07, 6.45) is 4.64. The van der Waals surface area contributed by atoms with Crippen molar-refractivity contribution in [3.8, 4) is 0 Å². The molecule has 3 N–H and O–H groups in total. The fourth-order valence-electron chi connectivity index (χ4n) is 5.31. The molecule has 0 saturated carbocycles. The molecule has 0 aromatic carbocycles. The van der Waals surface area contributed by atoms with Gasteiger partial charge in [0.2, 0.25) is 0 Å². The standard InChI is InChI=1S/C37H76O9/c1-13-19-44-35(9,10)22-34(23-38)46-37(12,18-6)30(24-43-33(16-4)20-31(39)26-41-28(7)14-2)25-45-36(11,17-5)21-32(40)27-42-29(8)15-3/h28-34,38-40H,13-27H2,1-12H3. The Kier molecular flexibility index (Phi) is 23.7. The molecule has 0 aliphatic carbocycles. The van der Waals surface area contributed by atoms with E-state index in [1.165, 1.54) is 0 Å². The van der Waals surface area contributed by atoms with E-state index in [2.05, 4.69) is 48.5 Å². The molecule has 9 atom stereocenters. The van der Waals surface area contributed by atoms with Crippen LogP contribution in [0, 0.1) is 5.92 Å². The van der Waals surface area contributed by atoms with Crippen molar-refractivity contribution in [2.24, 2.45) is 5.92 Å². The maximum Gasteiger partial charge on any atom is 0.0840 e. The third-order valence-corrected chi connectivity index (χ3v) is 9.49. The predicted molar refractivity (Wildman–Crippen MR) is 186 cm³/mol. The predicted octanol–water partition coefficient (Wildman–Crippen LogP) is 6.86. The van der Waals surface area contributed by atoms with Gasteiger partial charge in [0.05, 0.1) is 86.5 Å². The molecule has 9 heteroatoms. The summed E-state index contributed by atoms with van der Waals surface area (Å²) < 4.78 is 37.6. The quantitative estimate of drug-likeness (QED) is 0.0758. The van der Waals surface area contributed by atoms with E-state index in [0.29, 0.717) is 51.9 Å². The van der Waals surface area contributed by atoms with E-state index in [0.717, 1.165) is 25.7 Å². The summed E-state index contributed by atoms with van der Waals surface area (Å²) in [6, 6.07) is 0. The van der Waals surface area contributed by atoms with Crippen LogP contribution in [-0.2, 0) is 28.4 Å². The van der Waals surface area contributed by atoms with E-state index in [9.17, 15) is 15.3 Å². The molecule has 9 nitrogen and oxygen atoms in total. The molecule has 0 fully saturated rings. The van der Waals surface area contributed by atoms with Crippen LogP contribution < -0.4 is 0 Å². The van der Waals surface area contributed by atoms with Gasteiger partial charge < -0.3 is 43.7 Å². The molecule has 9 unspecified atom stereocenters. The van der Waals surface area contributed by atoms with Crippen molar-refractivity contribution >= 4 is 0 Å². The second kappa shape index (κ2) is 23.9. The molecule has 0 heterocycles. The third-order valence-electron chi connectivity index (χ3n) is 9.49. The molecule has 0 aliphatic heterocycles. The largest absolute Gasteiger partial charge is 0.394 e. The normalized spacial score (nSPS) is 19.9. The first-order chi connectivity index (χ1) is 21.6. The molecule has 46 heavy (non-hydrogen) atoms.